The van der Waals surface area contributed by atoms with E-state index in [2.05, 4.69) is 31.2 Å². The Kier molecular flexibility index (Phi) is 6.26. The number of aryl methyl sites for hydroxylation is 2. The highest BCUT2D eigenvalue weighted by molar-refractivity contribution is 5.73. The Hall–Kier alpha value is -3.07. The Balaban J connectivity index is 1.43. The molecule has 0 aliphatic carbocycles. The highest BCUT2D eigenvalue weighted by atomic mass is 16.5. The molecule has 3 nitrogen and oxygen atoms in total. The van der Waals surface area contributed by atoms with Gasteiger partial charge in [0.2, 0.25) is 0 Å². The van der Waals surface area contributed by atoms with Crippen LogP contribution >= 0.6 is 0 Å². The van der Waals surface area contributed by atoms with E-state index in [9.17, 15) is 4.79 Å². The fraction of sp³-hybridized carbons (Fsp3) is 0.208. The van der Waals surface area contributed by atoms with E-state index in [4.69, 9.17) is 9.47 Å². The Morgan fingerprint density at radius 3 is 1.78 bits per heavy atom. The average molecular weight is 360 g/mol. The van der Waals surface area contributed by atoms with Gasteiger partial charge in [-0.2, -0.15) is 0 Å². The lowest BCUT2D eigenvalue weighted by Gasteiger charge is -2.08. The van der Waals surface area contributed by atoms with E-state index in [1.807, 2.05) is 55.5 Å². The van der Waals surface area contributed by atoms with Gasteiger partial charge in [0.25, 0.3) is 0 Å². The van der Waals surface area contributed by atoms with Gasteiger partial charge >= 0.3 is 5.97 Å². The number of ether oxygens (including phenoxy) is 2. The summed E-state index contributed by atoms with van der Waals surface area (Å²) < 4.78 is 11.0. The van der Waals surface area contributed by atoms with E-state index < -0.39 is 0 Å². The summed E-state index contributed by atoms with van der Waals surface area (Å²) in [4.78, 5) is 12.0. The molecule has 0 aliphatic rings. The van der Waals surface area contributed by atoms with Gasteiger partial charge in [0.15, 0.2) is 0 Å². The molecule has 3 rings (SSSR count). The van der Waals surface area contributed by atoms with Gasteiger partial charge in [-0.15, -0.1) is 0 Å². The first-order valence-corrected chi connectivity index (χ1v) is 9.17. The van der Waals surface area contributed by atoms with E-state index in [0.29, 0.717) is 25.2 Å². The van der Waals surface area contributed by atoms with Crippen LogP contribution in [0.15, 0.2) is 72.8 Å². The molecule has 0 amide bonds. The normalized spacial score (nSPS) is 10.4. The monoisotopic (exact) mass is 360 g/mol. The van der Waals surface area contributed by atoms with Crippen molar-refractivity contribution in [2.75, 3.05) is 6.61 Å². The molecule has 138 valence electrons. The molecular weight excluding hydrogens is 336 g/mol. The third kappa shape index (κ3) is 5.71. The van der Waals surface area contributed by atoms with Crippen LogP contribution in [0.25, 0.3) is 11.1 Å². The van der Waals surface area contributed by atoms with Crippen LogP contribution in [0, 0.1) is 13.8 Å². The Bertz CT molecular complexity index is 863. The van der Waals surface area contributed by atoms with Crippen LogP contribution in [-0.4, -0.2) is 12.6 Å². The van der Waals surface area contributed by atoms with Crippen molar-refractivity contribution >= 4 is 5.97 Å². The summed E-state index contributed by atoms with van der Waals surface area (Å²) in [7, 11) is 0. The number of benzene rings is 3. The molecule has 0 aromatic heterocycles. The molecule has 27 heavy (non-hydrogen) atoms. The van der Waals surface area contributed by atoms with Crippen molar-refractivity contribution in [3.05, 3.63) is 83.9 Å². The minimum atomic E-state index is -0.245. The molecule has 0 bridgehead atoms. The first-order chi connectivity index (χ1) is 13.1. The quantitative estimate of drug-likeness (QED) is 0.306. The van der Waals surface area contributed by atoms with Gasteiger partial charge in [0.1, 0.15) is 11.5 Å². The molecule has 3 aromatic carbocycles. The summed E-state index contributed by atoms with van der Waals surface area (Å²) in [6.45, 7) is 4.59. The Morgan fingerprint density at radius 2 is 1.19 bits per heavy atom. The molecule has 0 atom stereocenters. The SMILES string of the molecule is Cc1ccc(OCCCC(=O)Oc2ccc(-c3ccc(C)cc3)cc2)cc1. The van der Waals surface area contributed by atoms with Crippen molar-refractivity contribution in [1.82, 2.24) is 0 Å². The predicted octanol–water partition coefficient (Wildman–Crippen LogP) is 5.74. The van der Waals surface area contributed by atoms with Gasteiger partial charge in [-0.3, -0.25) is 4.79 Å². The molecule has 0 radical (unpaired) electrons. The lowest BCUT2D eigenvalue weighted by atomic mass is 10.0. The minimum Gasteiger partial charge on any atom is -0.494 e. The van der Waals surface area contributed by atoms with Crippen LogP contribution in [0.4, 0.5) is 0 Å². The molecule has 0 fully saturated rings. The van der Waals surface area contributed by atoms with Crippen LogP contribution in [0.1, 0.15) is 24.0 Å². The zero-order valence-electron chi connectivity index (χ0n) is 15.8. The van der Waals surface area contributed by atoms with Crippen LogP contribution < -0.4 is 9.47 Å². The highest BCUT2D eigenvalue weighted by Gasteiger charge is 2.06. The van der Waals surface area contributed by atoms with Gasteiger partial charge in [0.05, 0.1) is 6.61 Å². The summed E-state index contributed by atoms with van der Waals surface area (Å²) >= 11 is 0. The van der Waals surface area contributed by atoms with E-state index in [0.717, 1.165) is 16.9 Å². The number of hydrogen-bond donors (Lipinski definition) is 0. The van der Waals surface area contributed by atoms with Gasteiger partial charge in [-0.1, -0.05) is 59.7 Å². The maximum atomic E-state index is 12.0. The topological polar surface area (TPSA) is 35.5 Å². The van der Waals surface area contributed by atoms with Crippen molar-refractivity contribution in [2.45, 2.75) is 26.7 Å². The third-order valence-electron chi connectivity index (χ3n) is 4.29. The smallest absolute Gasteiger partial charge is 0.311 e. The number of carbonyl (C=O) groups excluding carboxylic acids is 1. The second kappa shape index (κ2) is 9.04. The summed E-state index contributed by atoms with van der Waals surface area (Å²) in [6, 6.07) is 23.8. The number of esters is 1. The molecular formula is C24H24O3. The van der Waals surface area contributed by atoms with Crippen molar-refractivity contribution in [1.29, 1.82) is 0 Å². The largest absolute Gasteiger partial charge is 0.494 e. The standard InChI is InChI=1S/C24H24O3/c1-18-5-9-20(10-6-18)21-11-15-23(16-12-21)27-24(25)4-3-17-26-22-13-7-19(2)8-14-22/h5-16H,3-4,17H2,1-2H3. The molecule has 0 unspecified atom stereocenters. The Labute approximate surface area is 160 Å². The molecule has 0 saturated carbocycles. The molecule has 0 aliphatic heterocycles. The third-order valence-corrected chi connectivity index (χ3v) is 4.29. The van der Waals surface area contributed by atoms with E-state index in [-0.39, 0.29) is 5.97 Å². The molecule has 0 spiro atoms. The van der Waals surface area contributed by atoms with Gasteiger partial charge in [0, 0.05) is 6.42 Å². The zero-order chi connectivity index (χ0) is 19.1. The van der Waals surface area contributed by atoms with Crippen LogP contribution in [-0.2, 0) is 4.79 Å². The maximum Gasteiger partial charge on any atom is 0.311 e. The van der Waals surface area contributed by atoms with E-state index in [1.54, 1.807) is 0 Å². The van der Waals surface area contributed by atoms with Crippen molar-refractivity contribution < 1.29 is 14.3 Å². The van der Waals surface area contributed by atoms with Crippen molar-refractivity contribution in [2.24, 2.45) is 0 Å². The Morgan fingerprint density at radius 1 is 0.704 bits per heavy atom. The van der Waals surface area contributed by atoms with Crippen molar-refractivity contribution in [3.8, 4) is 22.6 Å². The lowest BCUT2D eigenvalue weighted by Crippen LogP contribution is -2.09. The molecule has 0 N–H and O–H groups in total. The van der Waals surface area contributed by atoms with Gasteiger partial charge in [-0.05, 0) is 55.7 Å². The summed E-state index contributed by atoms with van der Waals surface area (Å²) in [5, 5.41) is 0. The first kappa shape index (κ1) is 18.7. The molecule has 0 heterocycles. The summed E-state index contributed by atoms with van der Waals surface area (Å²) in [6.07, 6.45) is 0.944. The highest BCUT2D eigenvalue weighted by Crippen LogP contribution is 2.23. The van der Waals surface area contributed by atoms with Crippen molar-refractivity contribution in [3.63, 3.8) is 0 Å². The summed E-state index contributed by atoms with van der Waals surface area (Å²) in [5.41, 5.74) is 4.67. The van der Waals surface area contributed by atoms with Crippen LogP contribution in [0.5, 0.6) is 11.5 Å². The fourth-order valence-electron chi connectivity index (χ4n) is 2.68. The predicted molar refractivity (Wildman–Crippen MR) is 108 cm³/mol. The molecule has 3 aromatic rings. The summed E-state index contributed by atoms with van der Waals surface area (Å²) in [5.74, 6) is 1.14. The second-order valence-electron chi connectivity index (χ2n) is 6.63. The van der Waals surface area contributed by atoms with Gasteiger partial charge in [-0.25, -0.2) is 0 Å². The maximum absolute atomic E-state index is 12.0. The van der Waals surface area contributed by atoms with E-state index >= 15 is 0 Å². The van der Waals surface area contributed by atoms with Crippen LogP contribution in [0.2, 0.25) is 0 Å². The number of rotatable bonds is 7. The minimum absolute atomic E-state index is 0.245. The average Bonchev–Trinajstić information content (AvgIpc) is 2.68. The fourth-order valence-corrected chi connectivity index (χ4v) is 2.68. The number of hydrogen-bond acceptors (Lipinski definition) is 3. The molecule has 3 heteroatoms. The zero-order valence-corrected chi connectivity index (χ0v) is 15.8. The lowest BCUT2D eigenvalue weighted by molar-refractivity contribution is -0.134. The second-order valence-corrected chi connectivity index (χ2v) is 6.63. The van der Waals surface area contributed by atoms with Crippen LogP contribution in [0.3, 0.4) is 0 Å². The first-order valence-electron chi connectivity index (χ1n) is 9.17. The van der Waals surface area contributed by atoms with E-state index in [1.165, 1.54) is 11.1 Å². The number of carbonyl (C=O) groups is 1. The molecule has 0 saturated heterocycles. The van der Waals surface area contributed by atoms with Gasteiger partial charge < -0.3 is 9.47 Å².